The van der Waals surface area contributed by atoms with E-state index in [1.54, 1.807) is 0 Å². The Bertz CT molecular complexity index is 4550. The fourth-order valence-corrected chi connectivity index (χ4v) is 5.55. The largest absolute Gasteiger partial charge is 0.455 e. The maximum Gasteiger partial charge on any atom is 0.143 e. The SMILES string of the molecule is [2H]c1c([2H])c([2H])c(-c2c([2H])c([2H])c(N(c3c([2H])c([2H])c([2H])c([2H])c3[2H])c3c([2H])c(-c4c([2H])c([2H])c([2H])c(-n5c6c([2H])c([2H])c([2H])c([2H])c6c6c([2H])c([2H])c([2H])c([2H])c65)c4[2H])c4oc5c([2H])c([2H])c([2H])c([2H])c5c4c3[2H])c([2H])c2[2H])c([2H])c1[2H]. The van der Waals surface area contributed by atoms with Crippen LogP contribution in [0.2, 0.25) is 0 Å². The highest BCUT2D eigenvalue weighted by molar-refractivity contribution is 6.12. The Hall–Kier alpha value is -6.84. The van der Waals surface area contributed by atoms with E-state index < -0.39 is 282 Å². The first-order valence-electron chi connectivity index (χ1n) is 30.7. The van der Waals surface area contributed by atoms with Gasteiger partial charge in [0.2, 0.25) is 0 Å². The zero-order valence-electron chi connectivity index (χ0n) is 57.3. The average molecular weight is 685 g/mol. The van der Waals surface area contributed by atoms with Crippen LogP contribution in [-0.4, -0.2) is 4.57 Å². The topological polar surface area (TPSA) is 21.3 Å². The molecule has 0 aliphatic heterocycles. The number of hydrogen-bond acceptors (Lipinski definition) is 2. The van der Waals surface area contributed by atoms with Crippen molar-refractivity contribution in [3.63, 3.8) is 0 Å². The lowest BCUT2D eigenvalue weighted by Gasteiger charge is -2.26. The van der Waals surface area contributed by atoms with Crippen molar-refractivity contribution in [1.29, 1.82) is 0 Å². The first-order chi connectivity index (χ1) is 38.6. The molecule has 0 fully saturated rings. The second-order valence-corrected chi connectivity index (χ2v) is 10.5. The third-order valence-electron chi connectivity index (χ3n) is 7.69. The lowest BCUT2D eigenvalue weighted by molar-refractivity contribution is 0.670. The molecule has 0 amide bonds. The van der Waals surface area contributed by atoms with Crippen LogP contribution in [0.4, 0.5) is 17.1 Å². The van der Waals surface area contributed by atoms with E-state index in [0.717, 1.165) is 0 Å². The van der Waals surface area contributed by atoms with Gasteiger partial charge in [-0.2, -0.15) is 0 Å². The molecule has 2 heterocycles. The summed E-state index contributed by atoms with van der Waals surface area (Å²) in [6.07, 6.45) is 0. The Kier molecular flexibility index (Phi) is 2.66. The maximum atomic E-state index is 10.2. The third kappa shape index (κ3) is 4.90. The van der Waals surface area contributed by atoms with E-state index in [9.17, 15) is 16.4 Å². The van der Waals surface area contributed by atoms with Crippen molar-refractivity contribution in [2.45, 2.75) is 0 Å². The molecule has 0 radical (unpaired) electrons. The van der Waals surface area contributed by atoms with Gasteiger partial charge in [-0.05, 0) is 83.2 Å². The van der Waals surface area contributed by atoms with Gasteiger partial charge in [0.15, 0.2) is 0 Å². The second-order valence-electron chi connectivity index (χ2n) is 10.5. The molecule has 2 aromatic heterocycles. The van der Waals surface area contributed by atoms with Crippen molar-refractivity contribution in [1.82, 2.24) is 4.57 Å². The minimum Gasteiger partial charge on any atom is -0.455 e. The van der Waals surface area contributed by atoms with Crippen molar-refractivity contribution in [2.75, 3.05) is 4.90 Å². The Balaban J connectivity index is 1.48. The maximum absolute atomic E-state index is 10.2. The van der Waals surface area contributed by atoms with E-state index in [0.29, 0.717) is 9.47 Å². The van der Waals surface area contributed by atoms with E-state index in [4.69, 9.17) is 31.8 Å². The summed E-state index contributed by atoms with van der Waals surface area (Å²) in [4.78, 5) is 0.319. The molecule has 0 unspecified atom stereocenters. The highest BCUT2D eigenvalue weighted by Crippen LogP contribution is 2.44. The number of nitrogens with zero attached hydrogens (tertiary/aromatic N) is 2. The van der Waals surface area contributed by atoms with Gasteiger partial charge in [-0.3, -0.25) is 0 Å². The minimum absolute atomic E-state index is 0.319. The molecule has 8 aromatic carbocycles. The number of fused-ring (bicyclic) bond motifs is 6. The number of hydrogen-bond donors (Lipinski definition) is 0. The molecular weight excluding hydrogens is 621 g/mol. The lowest BCUT2D eigenvalue weighted by Crippen LogP contribution is -2.10. The van der Waals surface area contributed by atoms with Crippen LogP contribution in [0, 0.1) is 0 Å². The van der Waals surface area contributed by atoms with E-state index in [2.05, 4.69) is 0 Å². The summed E-state index contributed by atoms with van der Waals surface area (Å²) in [5, 5.41) is -2.63. The fourth-order valence-electron chi connectivity index (χ4n) is 5.55. The van der Waals surface area contributed by atoms with Gasteiger partial charge in [0.25, 0.3) is 0 Å². The van der Waals surface area contributed by atoms with Crippen molar-refractivity contribution < 1.29 is 48.3 Å². The molecule has 0 atom stereocenters. The second kappa shape index (κ2) is 11.9. The van der Waals surface area contributed by atoms with Crippen LogP contribution in [-0.2, 0) is 0 Å². The molecule has 0 saturated heterocycles. The molecule has 0 saturated carbocycles. The molecule has 0 aliphatic rings. The number of anilines is 3. The number of aromatic nitrogens is 1. The third-order valence-corrected chi connectivity index (χ3v) is 7.69. The van der Waals surface area contributed by atoms with Gasteiger partial charge in [-0.25, -0.2) is 0 Å². The van der Waals surface area contributed by atoms with Crippen molar-refractivity contribution in [3.05, 3.63) is 193 Å². The Morgan fingerprint density at radius 2 is 0.980 bits per heavy atom. The zero-order chi connectivity index (χ0) is 61.6. The summed E-state index contributed by atoms with van der Waals surface area (Å²) < 4.78 is 295. The molecular formula is C48H32N2O. The molecule has 0 aliphatic carbocycles. The molecule has 3 heteroatoms. The quantitative estimate of drug-likeness (QED) is 0.174. The van der Waals surface area contributed by atoms with Gasteiger partial charge in [0.05, 0.1) is 54.9 Å². The number of rotatable bonds is 6. The first-order valence-corrected chi connectivity index (χ1v) is 14.7. The summed E-state index contributed by atoms with van der Waals surface area (Å²) in [6, 6.07) is -33.8. The van der Waals surface area contributed by atoms with Gasteiger partial charge in [-0.15, -0.1) is 0 Å². The monoisotopic (exact) mass is 684 g/mol. The summed E-state index contributed by atoms with van der Waals surface area (Å²) in [6.45, 7) is 0. The summed E-state index contributed by atoms with van der Waals surface area (Å²) in [5.74, 6) is 0. The lowest BCUT2D eigenvalue weighted by atomic mass is 9.99. The predicted molar refractivity (Wildman–Crippen MR) is 214 cm³/mol. The molecule has 0 spiro atoms. The van der Waals surface area contributed by atoms with Crippen molar-refractivity contribution in [3.8, 4) is 27.9 Å². The van der Waals surface area contributed by atoms with E-state index in [-0.39, 0.29) is 0 Å². The molecule has 0 bridgehead atoms. The molecule has 0 N–H and O–H groups in total. The smallest absolute Gasteiger partial charge is 0.143 e. The highest BCUT2D eigenvalue weighted by atomic mass is 16.3. The molecule has 3 nitrogen and oxygen atoms in total. The minimum atomic E-state index is -1.31. The molecule has 10 aromatic rings. The Morgan fingerprint density at radius 3 is 1.71 bits per heavy atom. The van der Waals surface area contributed by atoms with Gasteiger partial charge in [-0.1, -0.05) is 127 Å². The van der Waals surface area contributed by atoms with E-state index in [1.807, 2.05) is 0 Å². The fraction of sp³-hybridized carbons (Fsp3) is 0. The number of para-hydroxylation sites is 4. The highest BCUT2D eigenvalue weighted by Gasteiger charge is 2.20. The zero-order valence-corrected chi connectivity index (χ0v) is 25.3. The van der Waals surface area contributed by atoms with Crippen LogP contribution in [0.15, 0.2) is 198 Å². The van der Waals surface area contributed by atoms with Gasteiger partial charge >= 0.3 is 0 Å². The standard InChI is InChI=1S/C48H32N2O/c1-3-14-33(15-4-1)34-26-28-37(29-27-34)49(36-17-5-2-6-18-36)39-31-43(48-44(32-39)42-22-9-12-25-47(42)51-48)35-16-13-19-38(30-35)50-45-23-10-7-20-40(45)41-21-8-11-24-46(41)50/h1-32H/i1D,2D,3D,4D,5D,6D,7D,8D,9D,10D,11D,12D,13D,14D,15D,16D,17D,18D,19D,20D,21D,22D,23D,24D,25D,26D,27D,28D,29D,30D,31D,32D. The normalized spacial score (nSPS) is 20.3. The number of benzene rings is 8. The van der Waals surface area contributed by atoms with Crippen LogP contribution in [0.5, 0.6) is 0 Å². The summed E-state index contributed by atoms with van der Waals surface area (Å²) in [7, 11) is 0. The van der Waals surface area contributed by atoms with Gasteiger partial charge in [0, 0.05) is 49.9 Å². The molecule has 10 rings (SSSR count). The van der Waals surface area contributed by atoms with E-state index in [1.165, 1.54) is 0 Å². The van der Waals surface area contributed by atoms with E-state index >= 15 is 0 Å². The molecule has 51 heavy (non-hydrogen) atoms. The summed E-state index contributed by atoms with van der Waals surface area (Å²) in [5.41, 5.74) is -11.4. The summed E-state index contributed by atoms with van der Waals surface area (Å²) >= 11 is 0. The van der Waals surface area contributed by atoms with Crippen molar-refractivity contribution >= 4 is 60.8 Å². The van der Waals surface area contributed by atoms with Crippen LogP contribution in [0.1, 0.15) is 43.9 Å². The van der Waals surface area contributed by atoms with Crippen LogP contribution < -0.4 is 4.90 Å². The number of furan rings is 1. The van der Waals surface area contributed by atoms with Gasteiger partial charge < -0.3 is 13.9 Å². The molecule has 240 valence electrons. The van der Waals surface area contributed by atoms with Crippen LogP contribution in [0.3, 0.4) is 0 Å². The van der Waals surface area contributed by atoms with Crippen LogP contribution >= 0.6 is 0 Å². The average Bonchev–Trinajstić information content (AvgIpc) is 4.22. The van der Waals surface area contributed by atoms with Gasteiger partial charge in [0.1, 0.15) is 11.2 Å². The Labute approximate surface area is 340 Å². The first kappa shape index (κ1) is 11.3. The predicted octanol–water partition coefficient (Wildman–Crippen LogP) is 13.5. The van der Waals surface area contributed by atoms with Crippen LogP contribution in [0.25, 0.3) is 71.7 Å². The van der Waals surface area contributed by atoms with Crippen molar-refractivity contribution in [2.24, 2.45) is 0 Å². The Morgan fingerprint density at radius 1 is 0.412 bits per heavy atom.